The lowest BCUT2D eigenvalue weighted by atomic mass is 10.2. The normalized spacial score (nSPS) is 16.7. The van der Waals surface area contributed by atoms with Crippen molar-refractivity contribution in [1.82, 2.24) is 9.80 Å². The fraction of sp³-hybridized carbons (Fsp3) is 0.500. The van der Waals surface area contributed by atoms with Gasteiger partial charge in [0.25, 0.3) is 0 Å². The summed E-state index contributed by atoms with van der Waals surface area (Å²) in [5.74, 6) is 0. The summed E-state index contributed by atoms with van der Waals surface area (Å²) < 4.78 is 0. The number of hydrogen-bond donors (Lipinski definition) is 1. The number of piperazine rings is 1. The number of rotatable bonds is 2. The first-order chi connectivity index (χ1) is 8.66. The Morgan fingerprint density at radius 2 is 1.83 bits per heavy atom. The van der Waals surface area contributed by atoms with Crippen molar-refractivity contribution in [3.8, 4) is 0 Å². The number of hydrogen-bond acceptors (Lipinski definition) is 1. The molecule has 1 aromatic carbocycles. The quantitative estimate of drug-likeness (QED) is 0.788. The molecule has 98 valence electrons. The third kappa shape index (κ3) is 3.23. The van der Waals surface area contributed by atoms with Gasteiger partial charge in [-0.1, -0.05) is 30.3 Å². The van der Waals surface area contributed by atoms with Crippen molar-refractivity contribution in [3.05, 3.63) is 35.9 Å². The molecule has 1 fully saturated rings. The minimum atomic E-state index is 0.133. The van der Waals surface area contributed by atoms with E-state index in [2.05, 4.69) is 24.3 Å². The molecule has 1 aliphatic heterocycles. The van der Waals surface area contributed by atoms with Gasteiger partial charge in [-0.25, -0.2) is 4.79 Å². The lowest BCUT2D eigenvalue weighted by Crippen LogP contribution is -3.13. The van der Waals surface area contributed by atoms with E-state index < -0.39 is 0 Å². The first-order valence-electron chi connectivity index (χ1n) is 6.50. The Morgan fingerprint density at radius 3 is 2.39 bits per heavy atom. The van der Waals surface area contributed by atoms with Gasteiger partial charge in [-0.15, -0.1) is 0 Å². The Morgan fingerprint density at radius 1 is 1.22 bits per heavy atom. The van der Waals surface area contributed by atoms with Gasteiger partial charge in [0.2, 0.25) is 0 Å². The van der Waals surface area contributed by atoms with E-state index in [9.17, 15) is 4.79 Å². The van der Waals surface area contributed by atoms with Crippen LogP contribution in [-0.2, 0) is 6.54 Å². The highest BCUT2D eigenvalue weighted by atomic mass is 16.2. The van der Waals surface area contributed by atoms with Crippen LogP contribution in [0.2, 0.25) is 0 Å². The van der Waals surface area contributed by atoms with Crippen molar-refractivity contribution in [2.75, 3.05) is 40.3 Å². The molecule has 2 rings (SSSR count). The van der Waals surface area contributed by atoms with E-state index in [0.29, 0.717) is 0 Å². The Balaban J connectivity index is 1.82. The van der Waals surface area contributed by atoms with E-state index in [1.165, 1.54) is 5.56 Å². The summed E-state index contributed by atoms with van der Waals surface area (Å²) in [5, 5.41) is 0. The highest BCUT2D eigenvalue weighted by molar-refractivity contribution is 5.73. The molecule has 0 spiro atoms. The van der Waals surface area contributed by atoms with Crippen molar-refractivity contribution in [3.63, 3.8) is 0 Å². The number of nitrogens with zero attached hydrogens (tertiary/aromatic N) is 2. The maximum absolute atomic E-state index is 11.8. The van der Waals surface area contributed by atoms with E-state index in [-0.39, 0.29) is 6.03 Å². The Kier molecular flexibility index (Phi) is 4.20. The van der Waals surface area contributed by atoms with Crippen LogP contribution in [0.25, 0.3) is 0 Å². The third-order valence-corrected chi connectivity index (χ3v) is 3.42. The van der Waals surface area contributed by atoms with Crippen LogP contribution in [-0.4, -0.2) is 56.1 Å². The summed E-state index contributed by atoms with van der Waals surface area (Å²) >= 11 is 0. The van der Waals surface area contributed by atoms with Crippen molar-refractivity contribution < 1.29 is 9.69 Å². The number of quaternary nitrogens is 1. The zero-order valence-electron chi connectivity index (χ0n) is 11.2. The lowest BCUT2D eigenvalue weighted by Gasteiger charge is -2.33. The number of amides is 2. The zero-order chi connectivity index (χ0) is 13.0. The topological polar surface area (TPSA) is 28.0 Å². The van der Waals surface area contributed by atoms with Gasteiger partial charge in [-0.05, 0) is 0 Å². The number of nitrogens with one attached hydrogen (secondary N) is 1. The van der Waals surface area contributed by atoms with E-state index in [0.717, 1.165) is 32.7 Å². The van der Waals surface area contributed by atoms with Gasteiger partial charge in [-0.2, -0.15) is 0 Å². The van der Waals surface area contributed by atoms with Crippen LogP contribution in [0, 0.1) is 0 Å². The number of benzene rings is 1. The van der Waals surface area contributed by atoms with Crippen molar-refractivity contribution in [2.24, 2.45) is 0 Å². The maximum Gasteiger partial charge on any atom is 0.319 e. The zero-order valence-corrected chi connectivity index (χ0v) is 11.2. The molecule has 1 heterocycles. The van der Waals surface area contributed by atoms with E-state index in [4.69, 9.17) is 0 Å². The van der Waals surface area contributed by atoms with Gasteiger partial charge in [0, 0.05) is 19.7 Å². The molecule has 0 bridgehead atoms. The molecule has 0 saturated carbocycles. The first kappa shape index (κ1) is 12.9. The predicted octanol–water partition coefficient (Wildman–Crippen LogP) is 0.0687. The molecule has 0 unspecified atom stereocenters. The van der Waals surface area contributed by atoms with Gasteiger partial charge < -0.3 is 14.7 Å². The highest BCUT2D eigenvalue weighted by Crippen LogP contribution is 1.98. The molecule has 18 heavy (non-hydrogen) atoms. The average Bonchev–Trinajstić information content (AvgIpc) is 2.40. The van der Waals surface area contributed by atoms with Crippen LogP contribution in [0.4, 0.5) is 4.79 Å². The van der Waals surface area contributed by atoms with Crippen molar-refractivity contribution in [1.29, 1.82) is 0 Å². The summed E-state index contributed by atoms with van der Waals surface area (Å²) in [6.45, 7) is 4.85. The SMILES string of the molecule is CN(C)C(=O)N1CC[NH+](Cc2ccccc2)CC1. The van der Waals surface area contributed by atoms with Crippen molar-refractivity contribution >= 4 is 6.03 Å². The monoisotopic (exact) mass is 248 g/mol. The molecular weight excluding hydrogens is 226 g/mol. The molecule has 0 radical (unpaired) electrons. The smallest absolute Gasteiger partial charge is 0.319 e. The van der Waals surface area contributed by atoms with Crippen molar-refractivity contribution in [2.45, 2.75) is 6.54 Å². The van der Waals surface area contributed by atoms with E-state index >= 15 is 0 Å². The lowest BCUT2D eigenvalue weighted by molar-refractivity contribution is -0.917. The largest absolute Gasteiger partial charge is 0.331 e. The van der Waals surface area contributed by atoms with E-state index in [1.807, 2.05) is 25.1 Å². The number of carbonyl (C=O) groups is 1. The highest BCUT2D eigenvalue weighted by Gasteiger charge is 2.24. The minimum absolute atomic E-state index is 0.133. The summed E-state index contributed by atoms with van der Waals surface area (Å²) in [7, 11) is 3.62. The molecule has 1 saturated heterocycles. The summed E-state index contributed by atoms with van der Waals surface area (Å²) in [6, 6.07) is 10.7. The van der Waals surface area contributed by atoms with Gasteiger partial charge in [0.15, 0.2) is 0 Å². The fourth-order valence-electron chi connectivity index (χ4n) is 2.36. The van der Waals surface area contributed by atoms with Crippen LogP contribution in [0.15, 0.2) is 30.3 Å². The molecule has 0 aliphatic carbocycles. The molecule has 2 amide bonds. The Labute approximate surface area is 109 Å². The second-order valence-corrected chi connectivity index (χ2v) is 5.08. The summed E-state index contributed by atoms with van der Waals surface area (Å²) in [5.41, 5.74) is 1.37. The standard InChI is InChI=1S/C14H21N3O/c1-15(2)14(18)17-10-8-16(9-11-17)12-13-6-4-3-5-7-13/h3-7H,8-12H2,1-2H3/p+1. The molecule has 0 atom stereocenters. The minimum Gasteiger partial charge on any atom is -0.331 e. The van der Waals surface area contributed by atoms with Crippen LogP contribution >= 0.6 is 0 Å². The third-order valence-electron chi connectivity index (χ3n) is 3.42. The second-order valence-electron chi connectivity index (χ2n) is 5.08. The van der Waals surface area contributed by atoms with Crippen LogP contribution in [0.1, 0.15) is 5.56 Å². The van der Waals surface area contributed by atoms with Gasteiger partial charge in [-0.3, -0.25) is 0 Å². The second kappa shape index (κ2) is 5.87. The molecule has 4 heteroatoms. The number of urea groups is 1. The fourth-order valence-corrected chi connectivity index (χ4v) is 2.36. The molecule has 0 aromatic heterocycles. The Hall–Kier alpha value is -1.55. The maximum atomic E-state index is 11.8. The molecule has 1 aromatic rings. The molecule has 4 nitrogen and oxygen atoms in total. The Bertz CT molecular complexity index is 383. The van der Waals surface area contributed by atoms with Crippen LogP contribution in [0.5, 0.6) is 0 Å². The predicted molar refractivity (Wildman–Crippen MR) is 71.5 cm³/mol. The molecular formula is C14H22N3O+. The van der Waals surface area contributed by atoms with E-state index in [1.54, 1.807) is 9.80 Å². The summed E-state index contributed by atoms with van der Waals surface area (Å²) in [4.78, 5) is 17.0. The average molecular weight is 248 g/mol. The van der Waals surface area contributed by atoms with Gasteiger partial charge in [0.05, 0.1) is 26.2 Å². The number of carbonyl (C=O) groups excluding carboxylic acids is 1. The first-order valence-corrected chi connectivity index (χ1v) is 6.50. The molecule has 1 N–H and O–H groups in total. The van der Waals surface area contributed by atoms with Gasteiger partial charge in [0.1, 0.15) is 6.54 Å². The van der Waals surface area contributed by atoms with Crippen LogP contribution < -0.4 is 4.90 Å². The van der Waals surface area contributed by atoms with Gasteiger partial charge >= 0.3 is 6.03 Å². The summed E-state index contributed by atoms with van der Waals surface area (Å²) in [6.07, 6.45) is 0. The molecule has 1 aliphatic rings. The van der Waals surface area contributed by atoms with Crippen LogP contribution in [0.3, 0.4) is 0 Å².